The van der Waals surface area contributed by atoms with Crippen molar-refractivity contribution in [3.63, 3.8) is 0 Å². The molecular formula is C27H33ClN4O. The number of nitrogens with zero attached hydrogens (tertiary/aromatic N) is 4. The van der Waals surface area contributed by atoms with Crippen LogP contribution in [0.3, 0.4) is 0 Å². The fourth-order valence-electron chi connectivity index (χ4n) is 4.70. The molecule has 33 heavy (non-hydrogen) atoms. The van der Waals surface area contributed by atoms with Gasteiger partial charge in [-0.05, 0) is 77.8 Å². The molecule has 0 aliphatic carbocycles. The Labute approximate surface area is 201 Å². The standard InChI is InChI=1S/C27H33ClN4O/c1-16-18(3)32(15-22-13-14-31(8)30-22)26-23(16)25(20-9-11-21(28)12-10-20)24(17(2)29-26)19(4)33-27(5,6)7/h9-14,19H,15H2,1-8H3/t19-/m1/s1. The van der Waals surface area contributed by atoms with Gasteiger partial charge in [-0.1, -0.05) is 23.7 Å². The molecule has 0 bridgehead atoms. The Bertz CT molecular complexity index is 1310. The third-order valence-corrected chi connectivity index (χ3v) is 6.40. The van der Waals surface area contributed by atoms with Gasteiger partial charge in [0.2, 0.25) is 0 Å². The van der Waals surface area contributed by atoms with E-state index < -0.39 is 0 Å². The smallest absolute Gasteiger partial charge is 0.141 e. The second kappa shape index (κ2) is 8.62. The summed E-state index contributed by atoms with van der Waals surface area (Å²) in [5.74, 6) is 0. The summed E-state index contributed by atoms with van der Waals surface area (Å²) in [5, 5.41) is 6.48. The minimum atomic E-state index is -0.270. The highest BCUT2D eigenvalue weighted by Gasteiger charge is 2.27. The number of benzene rings is 1. The molecule has 4 aromatic rings. The summed E-state index contributed by atoms with van der Waals surface area (Å²) in [5.41, 5.74) is 8.53. The molecular weight excluding hydrogens is 432 g/mol. The highest BCUT2D eigenvalue weighted by molar-refractivity contribution is 6.30. The molecule has 0 unspecified atom stereocenters. The van der Waals surface area contributed by atoms with Crippen molar-refractivity contribution >= 4 is 22.6 Å². The number of halogens is 1. The Morgan fingerprint density at radius 1 is 1.06 bits per heavy atom. The molecule has 1 aromatic carbocycles. The van der Waals surface area contributed by atoms with Crippen LogP contribution in [0, 0.1) is 20.8 Å². The molecule has 0 fully saturated rings. The topological polar surface area (TPSA) is 44.9 Å². The van der Waals surface area contributed by atoms with Crippen molar-refractivity contribution in [1.29, 1.82) is 0 Å². The SMILES string of the molecule is Cc1nc2c(c(C)c(C)n2Cc2ccn(C)n2)c(-c2ccc(Cl)cc2)c1[C@@H](C)OC(C)(C)C. The van der Waals surface area contributed by atoms with Crippen LogP contribution in [0.1, 0.15) is 62.0 Å². The van der Waals surface area contributed by atoms with Gasteiger partial charge in [-0.25, -0.2) is 4.98 Å². The lowest BCUT2D eigenvalue weighted by molar-refractivity contribution is -0.0530. The molecule has 0 saturated heterocycles. The number of pyridine rings is 1. The van der Waals surface area contributed by atoms with Crippen molar-refractivity contribution in [3.05, 3.63) is 69.8 Å². The van der Waals surface area contributed by atoms with Gasteiger partial charge in [0.25, 0.3) is 0 Å². The number of ether oxygens (including phenoxy) is 1. The minimum Gasteiger partial charge on any atom is -0.368 e. The van der Waals surface area contributed by atoms with E-state index in [9.17, 15) is 0 Å². The summed E-state index contributed by atoms with van der Waals surface area (Å²) < 4.78 is 10.5. The van der Waals surface area contributed by atoms with Crippen LogP contribution in [0.4, 0.5) is 0 Å². The Hall–Kier alpha value is -2.63. The largest absolute Gasteiger partial charge is 0.368 e. The zero-order valence-corrected chi connectivity index (χ0v) is 21.6. The van der Waals surface area contributed by atoms with Crippen molar-refractivity contribution in [2.45, 2.75) is 66.7 Å². The number of hydrogen-bond acceptors (Lipinski definition) is 3. The normalized spacial score (nSPS) is 13.1. The van der Waals surface area contributed by atoms with Crippen LogP contribution in [0.15, 0.2) is 36.5 Å². The van der Waals surface area contributed by atoms with Crippen LogP contribution in [0.25, 0.3) is 22.2 Å². The Balaban J connectivity index is 2.02. The van der Waals surface area contributed by atoms with Crippen LogP contribution in [-0.4, -0.2) is 24.9 Å². The molecule has 5 nitrogen and oxygen atoms in total. The molecule has 6 heteroatoms. The van der Waals surface area contributed by atoms with E-state index in [1.807, 2.05) is 30.1 Å². The van der Waals surface area contributed by atoms with Crippen molar-refractivity contribution in [1.82, 2.24) is 19.3 Å². The summed E-state index contributed by atoms with van der Waals surface area (Å²) in [6, 6.07) is 10.1. The second-order valence-corrected chi connectivity index (χ2v) is 10.3. The van der Waals surface area contributed by atoms with Crippen molar-refractivity contribution in [2.75, 3.05) is 0 Å². The van der Waals surface area contributed by atoms with Crippen LogP contribution < -0.4 is 0 Å². The summed E-state index contributed by atoms with van der Waals surface area (Å²) in [6.45, 7) is 15.5. The predicted octanol–water partition coefficient (Wildman–Crippen LogP) is 6.94. The molecule has 0 spiro atoms. The first-order chi connectivity index (χ1) is 15.5. The first-order valence-corrected chi connectivity index (χ1v) is 11.8. The zero-order valence-electron chi connectivity index (χ0n) is 20.8. The lowest BCUT2D eigenvalue weighted by Crippen LogP contribution is -2.22. The van der Waals surface area contributed by atoms with Crippen LogP contribution in [-0.2, 0) is 18.3 Å². The molecule has 0 saturated carbocycles. The molecule has 0 aliphatic rings. The number of aryl methyl sites for hydroxylation is 3. The van der Waals surface area contributed by atoms with Gasteiger partial charge in [0.1, 0.15) is 5.65 Å². The summed E-state index contributed by atoms with van der Waals surface area (Å²) in [7, 11) is 1.94. The van der Waals surface area contributed by atoms with E-state index >= 15 is 0 Å². The number of aromatic nitrogens is 4. The number of fused-ring (bicyclic) bond motifs is 1. The van der Waals surface area contributed by atoms with E-state index in [0.717, 1.165) is 38.6 Å². The van der Waals surface area contributed by atoms with Crippen molar-refractivity contribution < 1.29 is 4.74 Å². The average molecular weight is 465 g/mol. The number of hydrogen-bond donors (Lipinski definition) is 0. The lowest BCUT2D eigenvalue weighted by atomic mass is 9.91. The maximum atomic E-state index is 6.43. The van der Waals surface area contributed by atoms with E-state index in [1.165, 1.54) is 16.8 Å². The van der Waals surface area contributed by atoms with E-state index in [1.54, 1.807) is 0 Å². The van der Waals surface area contributed by atoms with Crippen LogP contribution in [0.5, 0.6) is 0 Å². The van der Waals surface area contributed by atoms with Gasteiger partial charge >= 0.3 is 0 Å². The zero-order chi connectivity index (χ0) is 24.1. The van der Waals surface area contributed by atoms with Gasteiger partial charge in [-0.2, -0.15) is 5.10 Å². The van der Waals surface area contributed by atoms with E-state index in [0.29, 0.717) is 6.54 Å². The highest BCUT2D eigenvalue weighted by atomic mass is 35.5. The van der Waals surface area contributed by atoms with Gasteiger partial charge in [0, 0.05) is 46.2 Å². The average Bonchev–Trinajstić information content (AvgIpc) is 3.23. The van der Waals surface area contributed by atoms with Gasteiger partial charge in [0.05, 0.1) is 23.9 Å². The first kappa shape index (κ1) is 23.5. The van der Waals surface area contributed by atoms with Gasteiger partial charge in [-0.3, -0.25) is 4.68 Å². The maximum Gasteiger partial charge on any atom is 0.141 e. The molecule has 0 amide bonds. The maximum absolute atomic E-state index is 6.43. The first-order valence-electron chi connectivity index (χ1n) is 11.4. The molecule has 4 rings (SSSR count). The Kier molecular flexibility index (Phi) is 6.14. The highest BCUT2D eigenvalue weighted by Crippen LogP contribution is 2.42. The minimum absolute atomic E-state index is 0.119. The van der Waals surface area contributed by atoms with Gasteiger partial charge in [-0.15, -0.1) is 0 Å². The molecule has 1 atom stereocenters. The van der Waals surface area contributed by atoms with E-state index in [-0.39, 0.29) is 11.7 Å². The lowest BCUT2D eigenvalue weighted by Gasteiger charge is -2.28. The third kappa shape index (κ3) is 4.57. The summed E-state index contributed by atoms with van der Waals surface area (Å²) in [4.78, 5) is 5.14. The van der Waals surface area contributed by atoms with Gasteiger partial charge < -0.3 is 9.30 Å². The monoisotopic (exact) mass is 464 g/mol. The fraction of sp³-hybridized carbons (Fsp3) is 0.407. The molecule has 0 radical (unpaired) electrons. The molecule has 0 N–H and O–H groups in total. The van der Waals surface area contributed by atoms with E-state index in [4.69, 9.17) is 21.3 Å². The molecule has 0 aliphatic heterocycles. The van der Waals surface area contributed by atoms with Crippen molar-refractivity contribution in [2.24, 2.45) is 7.05 Å². The summed E-state index contributed by atoms with van der Waals surface area (Å²) >= 11 is 6.24. The van der Waals surface area contributed by atoms with Crippen LogP contribution >= 0.6 is 11.6 Å². The van der Waals surface area contributed by atoms with Gasteiger partial charge in [0.15, 0.2) is 0 Å². The molecule has 3 aromatic heterocycles. The Morgan fingerprint density at radius 2 is 1.73 bits per heavy atom. The molecule has 3 heterocycles. The summed E-state index contributed by atoms with van der Waals surface area (Å²) in [6.07, 6.45) is 1.86. The van der Waals surface area contributed by atoms with Crippen molar-refractivity contribution in [3.8, 4) is 11.1 Å². The van der Waals surface area contributed by atoms with E-state index in [2.05, 4.69) is 76.3 Å². The third-order valence-electron chi connectivity index (χ3n) is 6.14. The predicted molar refractivity (Wildman–Crippen MR) is 136 cm³/mol. The molecule has 174 valence electrons. The van der Waals surface area contributed by atoms with Crippen LogP contribution in [0.2, 0.25) is 5.02 Å². The second-order valence-electron chi connectivity index (χ2n) is 9.84. The fourth-order valence-corrected chi connectivity index (χ4v) is 4.83. The number of rotatable bonds is 5. The Morgan fingerprint density at radius 3 is 2.30 bits per heavy atom. The quantitative estimate of drug-likeness (QED) is 0.321.